The fourth-order valence-electron chi connectivity index (χ4n) is 4.66. The average Bonchev–Trinajstić information content (AvgIpc) is 2.89. The molecule has 0 radical (unpaired) electrons. The van der Waals surface area contributed by atoms with Gasteiger partial charge in [0.1, 0.15) is 0 Å². The minimum absolute atomic E-state index is 0.0398. The molecule has 1 aromatic carbocycles. The highest BCUT2D eigenvalue weighted by Crippen LogP contribution is 2.65. The Hall–Kier alpha value is -1.90. The highest BCUT2D eigenvalue weighted by Gasteiger charge is 2.63. The maximum absolute atomic E-state index is 13.1. The fraction of sp³-hybridized carbons (Fsp3) is 0.545. The van der Waals surface area contributed by atoms with Crippen LogP contribution >= 0.6 is 0 Å². The molecular weight excluding hydrogens is 312 g/mol. The Labute approximate surface area is 150 Å². The van der Waals surface area contributed by atoms with Crippen molar-refractivity contribution in [2.45, 2.75) is 47.0 Å². The van der Waals surface area contributed by atoms with Crippen LogP contribution in [0.2, 0.25) is 0 Å². The first kappa shape index (κ1) is 17.9. The lowest BCUT2D eigenvalue weighted by atomic mass is 9.70. The second-order valence-corrected chi connectivity index (χ2v) is 8.14. The Morgan fingerprint density at radius 3 is 2.52 bits per heavy atom. The summed E-state index contributed by atoms with van der Waals surface area (Å²) in [5.74, 6) is -0.161. The SMILES string of the molecule is CCOC(=O)[C@@H](/C=C1/C(=O)[C@@]2(C)CC[C@H]1C2(C)C)Cc1ccccc1. The van der Waals surface area contributed by atoms with Crippen LogP contribution in [0, 0.1) is 22.7 Å². The molecule has 0 aromatic heterocycles. The number of allylic oxidation sites excluding steroid dienone is 1. The number of carbonyl (C=O) groups excluding carboxylic acids is 2. The minimum atomic E-state index is -0.403. The Bertz CT molecular complexity index is 701. The molecule has 0 N–H and O–H groups in total. The smallest absolute Gasteiger partial charge is 0.313 e. The second kappa shape index (κ2) is 6.44. The van der Waals surface area contributed by atoms with E-state index in [-0.39, 0.29) is 28.5 Å². The number of hydrogen-bond donors (Lipinski definition) is 0. The molecule has 0 saturated heterocycles. The second-order valence-electron chi connectivity index (χ2n) is 8.14. The van der Waals surface area contributed by atoms with Crippen LogP contribution in [-0.2, 0) is 20.7 Å². The van der Waals surface area contributed by atoms with Crippen molar-refractivity contribution in [3.63, 3.8) is 0 Å². The molecule has 3 nitrogen and oxygen atoms in total. The Morgan fingerprint density at radius 1 is 1.28 bits per heavy atom. The van der Waals surface area contributed by atoms with Crippen molar-refractivity contribution in [2.75, 3.05) is 6.61 Å². The van der Waals surface area contributed by atoms with Crippen molar-refractivity contribution in [3.05, 3.63) is 47.5 Å². The predicted octanol–water partition coefficient (Wildman–Crippen LogP) is 4.36. The third-order valence-electron chi connectivity index (χ3n) is 6.63. The molecule has 2 saturated carbocycles. The third kappa shape index (κ3) is 2.84. The number of benzene rings is 1. The molecule has 2 fully saturated rings. The number of rotatable bonds is 5. The van der Waals surface area contributed by atoms with Gasteiger partial charge in [-0.3, -0.25) is 9.59 Å². The molecule has 0 unspecified atom stereocenters. The van der Waals surface area contributed by atoms with Gasteiger partial charge >= 0.3 is 5.97 Å². The summed E-state index contributed by atoms with van der Waals surface area (Å²) < 4.78 is 5.28. The molecule has 1 aromatic rings. The maximum atomic E-state index is 13.1. The number of Topliss-reactive ketones (excluding diaryl/α,β-unsaturated/α-hetero) is 1. The van der Waals surface area contributed by atoms with E-state index in [0.29, 0.717) is 13.0 Å². The van der Waals surface area contributed by atoms with Crippen LogP contribution in [0.4, 0.5) is 0 Å². The van der Waals surface area contributed by atoms with Gasteiger partial charge in [-0.1, -0.05) is 57.2 Å². The molecule has 0 heterocycles. The van der Waals surface area contributed by atoms with E-state index in [1.54, 1.807) is 0 Å². The van der Waals surface area contributed by atoms with E-state index in [0.717, 1.165) is 24.0 Å². The van der Waals surface area contributed by atoms with E-state index >= 15 is 0 Å². The lowest BCUT2D eigenvalue weighted by Gasteiger charge is -2.31. The summed E-state index contributed by atoms with van der Waals surface area (Å²) in [7, 11) is 0. The lowest BCUT2D eigenvalue weighted by molar-refractivity contribution is -0.146. The van der Waals surface area contributed by atoms with Crippen molar-refractivity contribution >= 4 is 11.8 Å². The van der Waals surface area contributed by atoms with Gasteiger partial charge in [-0.25, -0.2) is 0 Å². The van der Waals surface area contributed by atoms with E-state index in [4.69, 9.17) is 4.74 Å². The van der Waals surface area contributed by atoms with Crippen LogP contribution in [-0.4, -0.2) is 18.4 Å². The van der Waals surface area contributed by atoms with Crippen molar-refractivity contribution < 1.29 is 14.3 Å². The summed E-state index contributed by atoms with van der Waals surface area (Å²) >= 11 is 0. The lowest BCUT2D eigenvalue weighted by Crippen LogP contribution is -2.32. The van der Waals surface area contributed by atoms with Crippen molar-refractivity contribution in [1.82, 2.24) is 0 Å². The summed E-state index contributed by atoms with van der Waals surface area (Å²) in [5, 5.41) is 0. The van der Waals surface area contributed by atoms with Gasteiger partial charge in [-0.15, -0.1) is 0 Å². The minimum Gasteiger partial charge on any atom is -0.466 e. The maximum Gasteiger partial charge on any atom is 0.313 e. The van der Waals surface area contributed by atoms with Crippen molar-refractivity contribution in [1.29, 1.82) is 0 Å². The zero-order valence-electron chi connectivity index (χ0n) is 15.7. The van der Waals surface area contributed by atoms with Crippen LogP contribution in [0.25, 0.3) is 0 Å². The molecule has 3 atom stereocenters. The standard InChI is InChI=1S/C22H28O3/c1-5-25-20(24)16(13-15-9-7-6-8-10-15)14-17-18-11-12-22(4,19(17)23)21(18,2)3/h6-10,14,16,18H,5,11-13H2,1-4H3/b17-14+/t16-,18-,22-/m1/s1. The molecule has 25 heavy (non-hydrogen) atoms. The van der Waals surface area contributed by atoms with E-state index < -0.39 is 5.92 Å². The molecular formula is C22H28O3. The monoisotopic (exact) mass is 340 g/mol. The van der Waals surface area contributed by atoms with Gasteiger partial charge in [0.15, 0.2) is 5.78 Å². The topological polar surface area (TPSA) is 43.4 Å². The summed E-state index contributed by atoms with van der Waals surface area (Å²) in [5.41, 5.74) is 1.60. The van der Waals surface area contributed by atoms with E-state index in [1.807, 2.05) is 43.3 Å². The number of carbonyl (C=O) groups is 2. The number of ketones is 1. The van der Waals surface area contributed by atoms with Gasteiger partial charge in [0.25, 0.3) is 0 Å². The normalized spacial score (nSPS) is 29.8. The zero-order valence-corrected chi connectivity index (χ0v) is 15.7. The van der Waals surface area contributed by atoms with Crippen LogP contribution in [0.5, 0.6) is 0 Å². The van der Waals surface area contributed by atoms with Gasteiger partial charge in [-0.2, -0.15) is 0 Å². The number of hydrogen-bond acceptors (Lipinski definition) is 3. The quantitative estimate of drug-likeness (QED) is 0.591. The Balaban J connectivity index is 1.93. The van der Waals surface area contributed by atoms with Gasteiger partial charge in [0.05, 0.1) is 12.5 Å². The molecule has 3 rings (SSSR count). The molecule has 2 bridgehead atoms. The average molecular weight is 340 g/mol. The van der Waals surface area contributed by atoms with Crippen molar-refractivity contribution in [2.24, 2.45) is 22.7 Å². The van der Waals surface area contributed by atoms with Crippen molar-refractivity contribution in [3.8, 4) is 0 Å². The first-order chi connectivity index (χ1) is 11.8. The molecule has 0 spiro atoms. The summed E-state index contributed by atoms with van der Waals surface area (Å²) in [6.45, 7) is 8.65. The third-order valence-corrected chi connectivity index (χ3v) is 6.63. The van der Waals surface area contributed by atoms with Crippen LogP contribution in [0.3, 0.4) is 0 Å². The highest BCUT2D eigenvalue weighted by molar-refractivity contribution is 6.05. The summed E-state index contributed by atoms with van der Waals surface area (Å²) in [6, 6.07) is 9.93. The molecule has 2 aliphatic carbocycles. The summed E-state index contributed by atoms with van der Waals surface area (Å²) in [6.07, 6.45) is 4.47. The number of ether oxygens (including phenoxy) is 1. The zero-order chi connectivity index (χ0) is 18.2. The first-order valence-electron chi connectivity index (χ1n) is 9.28. The number of esters is 1. The molecule has 2 aliphatic rings. The predicted molar refractivity (Wildman–Crippen MR) is 98.0 cm³/mol. The van der Waals surface area contributed by atoms with Crippen LogP contribution < -0.4 is 0 Å². The van der Waals surface area contributed by atoms with Gasteiger partial charge in [0, 0.05) is 5.41 Å². The first-order valence-corrected chi connectivity index (χ1v) is 9.28. The largest absolute Gasteiger partial charge is 0.466 e. The molecule has 0 aliphatic heterocycles. The Kier molecular flexibility index (Phi) is 4.61. The van der Waals surface area contributed by atoms with Gasteiger partial charge in [0.2, 0.25) is 0 Å². The molecule has 3 heteroatoms. The number of fused-ring (bicyclic) bond motifs is 2. The van der Waals surface area contributed by atoms with E-state index in [9.17, 15) is 9.59 Å². The van der Waals surface area contributed by atoms with Gasteiger partial charge < -0.3 is 4.74 Å². The van der Waals surface area contributed by atoms with Crippen LogP contribution in [0.15, 0.2) is 42.0 Å². The summed E-state index contributed by atoms with van der Waals surface area (Å²) in [4.78, 5) is 25.6. The van der Waals surface area contributed by atoms with Gasteiger partial charge in [-0.05, 0) is 48.7 Å². The molecule has 0 amide bonds. The fourth-order valence-corrected chi connectivity index (χ4v) is 4.66. The van der Waals surface area contributed by atoms with E-state index in [1.165, 1.54) is 0 Å². The Morgan fingerprint density at radius 2 is 1.96 bits per heavy atom. The molecule has 134 valence electrons. The highest BCUT2D eigenvalue weighted by atomic mass is 16.5. The van der Waals surface area contributed by atoms with Crippen LogP contribution in [0.1, 0.15) is 46.1 Å². The van der Waals surface area contributed by atoms with E-state index in [2.05, 4.69) is 20.8 Å².